The van der Waals surface area contributed by atoms with Gasteiger partial charge >= 0.3 is 0 Å². The van der Waals surface area contributed by atoms with Gasteiger partial charge in [0.1, 0.15) is 5.82 Å². The first kappa shape index (κ1) is 19.3. The van der Waals surface area contributed by atoms with Gasteiger partial charge in [0.15, 0.2) is 6.04 Å². The number of hydrogen-bond donors (Lipinski definition) is 2. The molecular formula is C18H27FN3O3S+. The summed E-state index contributed by atoms with van der Waals surface area (Å²) in [4.78, 5) is 13.5. The van der Waals surface area contributed by atoms with Crippen LogP contribution in [0.4, 0.5) is 4.39 Å². The largest absolute Gasteiger partial charge is 0.348 e. The summed E-state index contributed by atoms with van der Waals surface area (Å²) < 4.78 is 40.0. The minimum atomic E-state index is -3.69. The SMILES string of the molecule is C[C@H](C(=O)NC1CCCC1)[NH+]1CCN(S(=O)(=O)c2cccc(F)c2)CC1. The Balaban J connectivity index is 1.57. The lowest BCUT2D eigenvalue weighted by atomic mass is 10.2. The van der Waals surface area contributed by atoms with Crippen LogP contribution in [0.25, 0.3) is 0 Å². The summed E-state index contributed by atoms with van der Waals surface area (Å²) in [7, 11) is -3.69. The highest BCUT2D eigenvalue weighted by Gasteiger charge is 2.35. The number of carbonyl (C=O) groups excluding carboxylic acids is 1. The minimum Gasteiger partial charge on any atom is -0.348 e. The highest BCUT2D eigenvalue weighted by molar-refractivity contribution is 7.89. The molecule has 2 aliphatic rings. The maximum atomic E-state index is 13.4. The zero-order valence-corrected chi connectivity index (χ0v) is 15.9. The molecule has 1 aliphatic heterocycles. The van der Waals surface area contributed by atoms with Crippen molar-refractivity contribution in [2.45, 2.75) is 49.6 Å². The first-order valence-electron chi connectivity index (χ1n) is 9.28. The van der Waals surface area contributed by atoms with E-state index in [0.717, 1.165) is 23.8 Å². The van der Waals surface area contributed by atoms with Crippen molar-refractivity contribution in [1.29, 1.82) is 0 Å². The maximum Gasteiger partial charge on any atom is 0.278 e. The van der Waals surface area contributed by atoms with E-state index in [1.54, 1.807) is 0 Å². The number of piperazine rings is 1. The molecule has 8 heteroatoms. The average molecular weight is 384 g/mol. The fourth-order valence-corrected chi connectivity index (χ4v) is 5.28. The van der Waals surface area contributed by atoms with Crippen LogP contribution in [-0.4, -0.2) is 56.9 Å². The van der Waals surface area contributed by atoms with Crippen molar-refractivity contribution in [3.63, 3.8) is 0 Å². The van der Waals surface area contributed by atoms with Gasteiger partial charge in [-0.05, 0) is 38.0 Å². The van der Waals surface area contributed by atoms with E-state index in [4.69, 9.17) is 0 Å². The summed E-state index contributed by atoms with van der Waals surface area (Å²) in [5.41, 5.74) is 0. The lowest BCUT2D eigenvalue weighted by Crippen LogP contribution is -3.19. The van der Waals surface area contributed by atoms with Crippen LogP contribution in [0.3, 0.4) is 0 Å². The molecule has 0 unspecified atom stereocenters. The smallest absolute Gasteiger partial charge is 0.278 e. The second-order valence-corrected chi connectivity index (χ2v) is 9.17. The molecule has 26 heavy (non-hydrogen) atoms. The molecule has 1 aromatic carbocycles. The number of amides is 1. The summed E-state index contributed by atoms with van der Waals surface area (Å²) in [5.74, 6) is -0.513. The number of nitrogens with zero attached hydrogens (tertiary/aromatic N) is 1. The molecule has 1 amide bonds. The lowest BCUT2D eigenvalue weighted by molar-refractivity contribution is -0.917. The van der Waals surface area contributed by atoms with Crippen LogP contribution in [0.1, 0.15) is 32.6 Å². The summed E-state index contributed by atoms with van der Waals surface area (Å²) >= 11 is 0. The van der Waals surface area contributed by atoms with Crippen LogP contribution in [0.2, 0.25) is 0 Å². The van der Waals surface area contributed by atoms with E-state index in [1.165, 1.54) is 35.3 Å². The van der Waals surface area contributed by atoms with Gasteiger partial charge in [0, 0.05) is 6.04 Å². The second-order valence-electron chi connectivity index (χ2n) is 7.23. The Morgan fingerprint density at radius 1 is 1.27 bits per heavy atom. The van der Waals surface area contributed by atoms with Gasteiger partial charge in [-0.25, -0.2) is 12.8 Å². The van der Waals surface area contributed by atoms with E-state index in [0.29, 0.717) is 32.2 Å². The van der Waals surface area contributed by atoms with Crippen LogP contribution in [0, 0.1) is 5.82 Å². The maximum absolute atomic E-state index is 13.4. The number of sulfonamides is 1. The zero-order chi connectivity index (χ0) is 18.7. The van der Waals surface area contributed by atoms with E-state index in [1.807, 2.05) is 6.92 Å². The molecule has 1 heterocycles. The zero-order valence-electron chi connectivity index (χ0n) is 15.1. The molecular weight excluding hydrogens is 357 g/mol. The molecule has 1 aliphatic carbocycles. The number of carbonyl (C=O) groups is 1. The molecule has 2 fully saturated rings. The molecule has 0 radical (unpaired) electrons. The van der Waals surface area contributed by atoms with Crippen LogP contribution < -0.4 is 10.2 Å². The highest BCUT2D eigenvalue weighted by Crippen LogP contribution is 2.18. The molecule has 0 bridgehead atoms. The number of halogens is 1. The van der Waals surface area contributed by atoms with E-state index in [-0.39, 0.29) is 16.8 Å². The first-order valence-corrected chi connectivity index (χ1v) is 10.7. The van der Waals surface area contributed by atoms with Crippen LogP contribution in [0.5, 0.6) is 0 Å². The summed E-state index contributed by atoms with van der Waals surface area (Å²) in [6.45, 7) is 3.68. The Hall–Kier alpha value is -1.51. The number of hydrogen-bond acceptors (Lipinski definition) is 3. The summed E-state index contributed by atoms with van der Waals surface area (Å²) in [5, 5.41) is 3.12. The topological polar surface area (TPSA) is 70.9 Å². The third-order valence-electron chi connectivity index (χ3n) is 5.51. The summed E-state index contributed by atoms with van der Waals surface area (Å²) in [6, 6.07) is 5.18. The third-order valence-corrected chi connectivity index (χ3v) is 7.40. The number of rotatable bonds is 5. The molecule has 144 valence electrons. The highest BCUT2D eigenvalue weighted by atomic mass is 32.2. The van der Waals surface area contributed by atoms with E-state index in [2.05, 4.69) is 5.32 Å². The number of nitrogens with one attached hydrogen (secondary N) is 2. The lowest BCUT2D eigenvalue weighted by Gasteiger charge is -2.34. The fraction of sp³-hybridized carbons (Fsp3) is 0.611. The van der Waals surface area contributed by atoms with Crippen LogP contribution in [-0.2, 0) is 14.8 Å². The van der Waals surface area contributed by atoms with Crippen molar-refractivity contribution in [1.82, 2.24) is 9.62 Å². The predicted molar refractivity (Wildman–Crippen MR) is 95.7 cm³/mol. The molecule has 3 rings (SSSR count). The number of quaternary nitrogens is 1. The Morgan fingerprint density at radius 2 is 1.92 bits per heavy atom. The summed E-state index contributed by atoms with van der Waals surface area (Å²) in [6.07, 6.45) is 4.44. The van der Waals surface area contributed by atoms with Crippen molar-refractivity contribution in [3.8, 4) is 0 Å². The standard InChI is InChI=1S/C18H26FN3O3S/c1-14(18(23)20-16-6-2-3-7-16)21-9-11-22(12-10-21)26(24,25)17-8-4-5-15(19)13-17/h4-5,8,13-14,16H,2-3,6-7,9-12H2,1H3,(H,20,23)/p+1/t14-/m1/s1. The molecule has 2 N–H and O–H groups in total. The Labute approximate surface area is 154 Å². The van der Waals surface area contributed by atoms with Crippen molar-refractivity contribution >= 4 is 15.9 Å². The van der Waals surface area contributed by atoms with Gasteiger partial charge in [-0.3, -0.25) is 4.79 Å². The Kier molecular flexibility index (Phi) is 5.94. The van der Waals surface area contributed by atoms with Gasteiger partial charge in [0.2, 0.25) is 10.0 Å². The molecule has 6 nitrogen and oxygen atoms in total. The normalized spacial score (nSPS) is 21.6. The van der Waals surface area contributed by atoms with E-state index in [9.17, 15) is 17.6 Å². The molecule has 1 saturated carbocycles. The van der Waals surface area contributed by atoms with Gasteiger partial charge in [-0.15, -0.1) is 0 Å². The molecule has 0 aromatic heterocycles. The van der Waals surface area contributed by atoms with Gasteiger partial charge in [-0.2, -0.15) is 4.31 Å². The fourth-order valence-electron chi connectivity index (χ4n) is 3.81. The van der Waals surface area contributed by atoms with Crippen molar-refractivity contribution in [3.05, 3.63) is 30.1 Å². The van der Waals surface area contributed by atoms with Crippen molar-refractivity contribution < 1.29 is 22.5 Å². The van der Waals surface area contributed by atoms with Gasteiger partial charge in [0.25, 0.3) is 5.91 Å². The average Bonchev–Trinajstić information content (AvgIpc) is 3.14. The Morgan fingerprint density at radius 3 is 2.54 bits per heavy atom. The van der Waals surface area contributed by atoms with Crippen molar-refractivity contribution in [2.75, 3.05) is 26.2 Å². The monoisotopic (exact) mass is 384 g/mol. The first-order chi connectivity index (χ1) is 12.4. The van der Waals surface area contributed by atoms with Gasteiger partial charge in [-0.1, -0.05) is 18.9 Å². The third kappa shape index (κ3) is 4.24. The Bertz CT molecular complexity index is 742. The molecule has 0 spiro atoms. The van der Waals surface area contributed by atoms with Crippen LogP contribution in [0.15, 0.2) is 29.2 Å². The molecule has 1 atom stereocenters. The van der Waals surface area contributed by atoms with Crippen LogP contribution >= 0.6 is 0 Å². The van der Waals surface area contributed by atoms with Gasteiger partial charge in [0.05, 0.1) is 31.1 Å². The minimum absolute atomic E-state index is 0.0204. The van der Waals surface area contributed by atoms with E-state index >= 15 is 0 Å². The molecule has 1 aromatic rings. The van der Waals surface area contributed by atoms with E-state index < -0.39 is 15.8 Å². The number of benzene rings is 1. The second kappa shape index (κ2) is 8.02. The quantitative estimate of drug-likeness (QED) is 0.760. The predicted octanol–water partition coefficient (Wildman–Crippen LogP) is 0.162. The molecule has 1 saturated heterocycles. The van der Waals surface area contributed by atoms with Crippen molar-refractivity contribution in [2.24, 2.45) is 0 Å². The van der Waals surface area contributed by atoms with Gasteiger partial charge < -0.3 is 10.2 Å².